The van der Waals surface area contributed by atoms with E-state index in [-0.39, 0.29) is 24.0 Å². The maximum Gasteiger partial charge on any atom is 0.304 e. The SMILES string of the molecule is CCC(C1CC1)N1CCS(=O)(=O)CC1CC(=O)O. The first kappa shape index (κ1) is 13.8. The number of sulfone groups is 1. The van der Waals surface area contributed by atoms with Crippen molar-refractivity contribution in [3.63, 3.8) is 0 Å². The van der Waals surface area contributed by atoms with Gasteiger partial charge < -0.3 is 5.11 Å². The zero-order valence-corrected chi connectivity index (χ0v) is 11.5. The lowest BCUT2D eigenvalue weighted by atomic mass is 10.0. The molecule has 2 aliphatic rings. The molecule has 1 aliphatic carbocycles. The number of hydrogen-bond donors (Lipinski definition) is 1. The first-order chi connectivity index (χ1) is 8.43. The summed E-state index contributed by atoms with van der Waals surface area (Å²) < 4.78 is 23.3. The summed E-state index contributed by atoms with van der Waals surface area (Å²) in [6.45, 7) is 2.60. The maximum absolute atomic E-state index is 11.7. The quantitative estimate of drug-likeness (QED) is 0.801. The van der Waals surface area contributed by atoms with E-state index in [0.717, 1.165) is 6.42 Å². The predicted molar refractivity (Wildman–Crippen MR) is 68.2 cm³/mol. The van der Waals surface area contributed by atoms with E-state index in [1.807, 2.05) is 0 Å². The van der Waals surface area contributed by atoms with Crippen LogP contribution in [0.4, 0.5) is 0 Å². The average molecular weight is 275 g/mol. The number of aliphatic carboxylic acids is 1. The summed E-state index contributed by atoms with van der Waals surface area (Å²) in [5.41, 5.74) is 0. The van der Waals surface area contributed by atoms with Crippen LogP contribution in [0.3, 0.4) is 0 Å². The minimum atomic E-state index is -3.06. The molecule has 0 aromatic carbocycles. The van der Waals surface area contributed by atoms with Crippen molar-refractivity contribution in [3.8, 4) is 0 Å². The minimum absolute atomic E-state index is 0.00250. The van der Waals surface area contributed by atoms with E-state index in [2.05, 4.69) is 11.8 Å². The van der Waals surface area contributed by atoms with Gasteiger partial charge in [-0.05, 0) is 25.2 Å². The molecule has 1 aliphatic heterocycles. The Labute approximate surface area is 108 Å². The third-order valence-corrected chi connectivity index (χ3v) is 5.69. The van der Waals surface area contributed by atoms with Gasteiger partial charge in [0.2, 0.25) is 0 Å². The van der Waals surface area contributed by atoms with Crippen LogP contribution < -0.4 is 0 Å². The second kappa shape index (κ2) is 5.17. The summed E-state index contributed by atoms with van der Waals surface area (Å²) in [7, 11) is -3.06. The minimum Gasteiger partial charge on any atom is -0.481 e. The Kier molecular flexibility index (Phi) is 3.96. The van der Waals surface area contributed by atoms with E-state index in [1.54, 1.807) is 0 Å². The van der Waals surface area contributed by atoms with Gasteiger partial charge in [0.05, 0.1) is 17.9 Å². The Morgan fingerprint density at radius 1 is 1.44 bits per heavy atom. The van der Waals surface area contributed by atoms with Gasteiger partial charge in [0.25, 0.3) is 0 Å². The number of nitrogens with zero attached hydrogens (tertiary/aromatic N) is 1. The molecule has 5 nitrogen and oxygen atoms in total. The van der Waals surface area contributed by atoms with Crippen LogP contribution in [0.2, 0.25) is 0 Å². The number of carboxylic acids is 1. The molecule has 0 spiro atoms. The zero-order chi connectivity index (χ0) is 13.3. The van der Waals surface area contributed by atoms with Crippen LogP contribution in [0, 0.1) is 5.92 Å². The van der Waals surface area contributed by atoms with Gasteiger partial charge in [0, 0.05) is 18.6 Å². The van der Waals surface area contributed by atoms with Gasteiger partial charge in [0.15, 0.2) is 9.84 Å². The van der Waals surface area contributed by atoms with Gasteiger partial charge in [-0.25, -0.2) is 8.42 Å². The number of hydrogen-bond acceptors (Lipinski definition) is 4. The highest BCUT2D eigenvalue weighted by Gasteiger charge is 2.41. The van der Waals surface area contributed by atoms with Crippen LogP contribution in [-0.4, -0.2) is 54.5 Å². The highest BCUT2D eigenvalue weighted by Crippen LogP contribution is 2.38. The molecule has 1 heterocycles. The van der Waals surface area contributed by atoms with Gasteiger partial charge in [0.1, 0.15) is 0 Å². The summed E-state index contributed by atoms with van der Waals surface area (Å²) in [6.07, 6.45) is 3.30. The van der Waals surface area contributed by atoms with Crippen molar-refractivity contribution in [1.29, 1.82) is 0 Å². The first-order valence-electron chi connectivity index (χ1n) is 6.61. The van der Waals surface area contributed by atoms with Crippen LogP contribution in [0.25, 0.3) is 0 Å². The maximum atomic E-state index is 11.7. The highest BCUT2D eigenvalue weighted by molar-refractivity contribution is 7.91. The van der Waals surface area contributed by atoms with Crippen molar-refractivity contribution in [1.82, 2.24) is 4.90 Å². The molecule has 0 bridgehead atoms. The topological polar surface area (TPSA) is 74.7 Å². The van der Waals surface area contributed by atoms with E-state index in [0.29, 0.717) is 18.5 Å². The van der Waals surface area contributed by atoms with E-state index < -0.39 is 15.8 Å². The van der Waals surface area contributed by atoms with E-state index >= 15 is 0 Å². The van der Waals surface area contributed by atoms with Crippen molar-refractivity contribution in [3.05, 3.63) is 0 Å². The van der Waals surface area contributed by atoms with Gasteiger partial charge >= 0.3 is 5.97 Å². The van der Waals surface area contributed by atoms with Gasteiger partial charge in [-0.1, -0.05) is 6.92 Å². The summed E-state index contributed by atoms with van der Waals surface area (Å²) in [4.78, 5) is 13.0. The predicted octanol–water partition coefficient (Wildman–Crippen LogP) is 0.749. The third kappa shape index (κ3) is 3.23. The number of carboxylic acid groups (broad SMARTS) is 1. The second-order valence-electron chi connectivity index (χ2n) is 5.42. The molecule has 104 valence electrons. The molecule has 2 rings (SSSR count). The van der Waals surface area contributed by atoms with E-state index in [4.69, 9.17) is 5.11 Å². The Balaban J connectivity index is 2.12. The molecular weight excluding hydrogens is 254 g/mol. The Morgan fingerprint density at radius 2 is 2.11 bits per heavy atom. The van der Waals surface area contributed by atoms with Crippen LogP contribution in [-0.2, 0) is 14.6 Å². The first-order valence-corrected chi connectivity index (χ1v) is 8.43. The molecule has 2 atom stereocenters. The third-order valence-electron chi connectivity index (χ3n) is 4.00. The monoisotopic (exact) mass is 275 g/mol. The Morgan fingerprint density at radius 3 is 2.61 bits per heavy atom. The van der Waals surface area contributed by atoms with Crippen LogP contribution in [0.1, 0.15) is 32.6 Å². The molecule has 1 saturated carbocycles. The standard InChI is InChI=1S/C12H21NO4S/c1-2-11(9-3-4-9)13-5-6-18(16,17)8-10(13)7-12(14)15/h9-11H,2-8H2,1H3,(H,14,15). The van der Waals surface area contributed by atoms with E-state index in [9.17, 15) is 13.2 Å². The number of carbonyl (C=O) groups is 1. The van der Waals surface area contributed by atoms with Crippen molar-refractivity contribution < 1.29 is 18.3 Å². The normalized spacial score (nSPS) is 29.9. The highest BCUT2D eigenvalue weighted by atomic mass is 32.2. The largest absolute Gasteiger partial charge is 0.481 e. The Hall–Kier alpha value is -0.620. The summed E-state index contributed by atoms with van der Waals surface area (Å²) >= 11 is 0. The zero-order valence-electron chi connectivity index (χ0n) is 10.7. The molecule has 1 N–H and O–H groups in total. The number of rotatable bonds is 5. The molecule has 0 amide bonds. The molecule has 6 heteroatoms. The fraction of sp³-hybridized carbons (Fsp3) is 0.917. The molecule has 2 unspecified atom stereocenters. The summed E-state index contributed by atoms with van der Waals surface area (Å²) in [5, 5.41) is 8.94. The average Bonchev–Trinajstić information content (AvgIpc) is 3.04. The summed E-state index contributed by atoms with van der Waals surface area (Å²) in [6, 6.07) is 0.0247. The van der Waals surface area contributed by atoms with Crippen molar-refractivity contribution in [2.45, 2.75) is 44.7 Å². The fourth-order valence-electron chi connectivity index (χ4n) is 3.03. The van der Waals surface area contributed by atoms with Gasteiger partial charge in [-0.3, -0.25) is 9.69 Å². The van der Waals surface area contributed by atoms with Gasteiger partial charge in [-0.15, -0.1) is 0 Å². The molecule has 0 aromatic heterocycles. The molecule has 0 aromatic rings. The summed E-state index contributed by atoms with van der Waals surface area (Å²) in [5.74, 6) is -0.0886. The lowest BCUT2D eigenvalue weighted by Gasteiger charge is -2.40. The molecule has 1 saturated heterocycles. The molecular formula is C12H21NO4S. The van der Waals surface area contributed by atoms with Crippen LogP contribution in [0.5, 0.6) is 0 Å². The van der Waals surface area contributed by atoms with Crippen molar-refractivity contribution >= 4 is 15.8 Å². The molecule has 18 heavy (non-hydrogen) atoms. The smallest absolute Gasteiger partial charge is 0.304 e. The second-order valence-corrected chi connectivity index (χ2v) is 7.65. The molecule has 2 fully saturated rings. The van der Waals surface area contributed by atoms with E-state index in [1.165, 1.54) is 12.8 Å². The van der Waals surface area contributed by atoms with Gasteiger partial charge in [-0.2, -0.15) is 0 Å². The van der Waals surface area contributed by atoms with Crippen LogP contribution in [0.15, 0.2) is 0 Å². The lowest BCUT2D eigenvalue weighted by Crippen LogP contribution is -2.54. The van der Waals surface area contributed by atoms with Crippen molar-refractivity contribution in [2.24, 2.45) is 5.92 Å². The fourth-order valence-corrected chi connectivity index (χ4v) is 4.58. The van der Waals surface area contributed by atoms with Crippen molar-refractivity contribution in [2.75, 3.05) is 18.1 Å². The molecule has 0 radical (unpaired) electrons. The van der Waals surface area contributed by atoms with Crippen LogP contribution >= 0.6 is 0 Å². The Bertz CT molecular complexity index is 416. The lowest BCUT2D eigenvalue weighted by molar-refractivity contribution is -0.138.